The van der Waals surface area contributed by atoms with Crippen molar-refractivity contribution in [3.63, 3.8) is 0 Å². The van der Waals surface area contributed by atoms with Crippen LogP contribution in [0.1, 0.15) is 5.82 Å². The highest BCUT2D eigenvalue weighted by atomic mass is 79.9. The van der Waals surface area contributed by atoms with Gasteiger partial charge in [0.05, 0.1) is 21.7 Å². The number of alkyl halides is 1. The zero-order valence-electron chi connectivity index (χ0n) is 10.8. The maximum absolute atomic E-state index is 14.4. The third kappa shape index (κ3) is 2.68. The van der Waals surface area contributed by atoms with E-state index in [1.165, 1.54) is 6.07 Å². The monoisotopic (exact) mass is 386 g/mol. The number of rotatable bonds is 3. The van der Waals surface area contributed by atoms with Gasteiger partial charge in [0.15, 0.2) is 5.82 Å². The van der Waals surface area contributed by atoms with Crippen LogP contribution in [0.5, 0.6) is 0 Å². The van der Waals surface area contributed by atoms with Crippen molar-refractivity contribution in [2.45, 2.75) is 6.42 Å². The first-order valence-electron chi connectivity index (χ1n) is 6.29. The molecule has 0 aliphatic carbocycles. The van der Waals surface area contributed by atoms with Gasteiger partial charge in [0, 0.05) is 16.8 Å². The number of benzene rings is 2. The molecular weight excluding hydrogens is 378 g/mol. The van der Waals surface area contributed by atoms with Crippen LogP contribution in [-0.2, 0) is 6.42 Å². The fourth-order valence-electron chi connectivity index (χ4n) is 2.29. The molecule has 0 amide bonds. The van der Waals surface area contributed by atoms with E-state index in [4.69, 9.17) is 23.2 Å². The van der Waals surface area contributed by atoms with E-state index in [1.807, 2.05) is 18.2 Å². The van der Waals surface area contributed by atoms with Crippen LogP contribution < -0.4 is 0 Å². The second kappa shape index (κ2) is 5.95. The number of aryl methyl sites for hydroxylation is 1. The first-order valence-corrected chi connectivity index (χ1v) is 7.99. The topological polar surface area (TPSA) is 17.8 Å². The lowest BCUT2D eigenvalue weighted by atomic mass is 10.2. The first-order chi connectivity index (χ1) is 10.1. The van der Waals surface area contributed by atoms with Crippen molar-refractivity contribution >= 4 is 50.2 Å². The number of aromatic nitrogens is 2. The third-order valence-electron chi connectivity index (χ3n) is 3.18. The Morgan fingerprint density at radius 2 is 2.05 bits per heavy atom. The maximum Gasteiger partial charge on any atom is 0.165 e. The van der Waals surface area contributed by atoms with Gasteiger partial charge >= 0.3 is 0 Å². The minimum Gasteiger partial charge on any atom is -0.293 e. The van der Waals surface area contributed by atoms with Gasteiger partial charge in [0.25, 0.3) is 0 Å². The van der Waals surface area contributed by atoms with E-state index in [1.54, 1.807) is 16.7 Å². The van der Waals surface area contributed by atoms with Crippen molar-refractivity contribution in [3.8, 4) is 5.69 Å². The smallest absolute Gasteiger partial charge is 0.165 e. The Hall–Kier alpha value is -1.10. The molecule has 3 aromatic rings. The summed E-state index contributed by atoms with van der Waals surface area (Å²) in [7, 11) is 0. The number of hydrogen-bond donors (Lipinski definition) is 0. The van der Waals surface area contributed by atoms with Gasteiger partial charge in [0.2, 0.25) is 0 Å². The van der Waals surface area contributed by atoms with Crippen LogP contribution in [-0.4, -0.2) is 15.4 Å². The van der Waals surface area contributed by atoms with E-state index in [9.17, 15) is 4.39 Å². The Morgan fingerprint density at radius 3 is 2.81 bits per heavy atom. The maximum atomic E-state index is 14.4. The zero-order chi connectivity index (χ0) is 15.0. The van der Waals surface area contributed by atoms with E-state index in [0.717, 1.165) is 15.5 Å². The summed E-state index contributed by atoms with van der Waals surface area (Å²) in [5.74, 6) is 0.656. The summed E-state index contributed by atoms with van der Waals surface area (Å²) in [5.41, 5.74) is 1.98. The normalized spacial score (nSPS) is 11.2. The highest BCUT2D eigenvalue weighted by Gasteiger charge is 2.16. The molecule has 1 aromatic heterocycles. The molecule has 2 nitrogen and oxygen atoms in total. The van der Waals surface area contributed by atoms with Crippen LogP contribution in [0.2, 0.25) is 5.02 Å². The van der Waals surface area contributed by atoms with Crippen molar-refractivity contribution in [2.24, 2.45) is 0 Å². The van der Waals surface area contributed by atoms with Gasteiger partial charge in [0.1, 0.15) is 5.82 Å². The first kappa shape index (κ1) is 14.8. The molecular formula is C15H10BrCl2FN2. The lowest BCUT2D eigenvalue weighted by Crippen LogP contribution is -2.04. The van der Waals surface area contributed by atoms with Crippen LogP contribution >= 0.6 is 39.1 Å². The summed E-state index contributed by atoms with van der Waals surface area (Å²) < 4.78 is 17.1. The second-order valence-electron chi connectivity index (χ2n) is 4.51. The fourth-order valence-corrected chi connectivity index (χ4v) is 2.98. The van der Waals surface area contributed by atoms with Gasteiger partial charge in [-0.3, -0.25) is 4.57 Å². The van der Waals surface area contributed by atoms with Gasteiger partial charge in [-0.2, -0.15) is 0 Å². The van der Waals surface area contributed by atoms with Crippen LogP contribution in [0.3, 0.4) is 0 Å². The zero-order valence-corrected chi connectivity index (χ0v) is 13.9. The summed E-state index contributed by atoms with van der Waals surface area (Å²) in [4.78, 5) is 4.55. The highest BCUT2D eigenvalue weighted by Crippen LogP contribution is 2.28. The molecule has 0 fully saturated rings. The number of nitrogens with zero attached hydrogens (tertiary/aromatic N) is 2. The van der Waals surface area contributed by atoms with Crippen LogP contribution in [0, 0.1) is 5.82 Å². The van der Waals surface area contributed by atoms with Crippen LogP contribution in [0.4, 0.5) is 4.39 Å². The fraction of sp³-hybridized carbons (Fsp3) is 0.133. The summed E-state index contributed by atoms with van der Waals surface area (Å²) in [6, 6.07) is 10.6. The van der Waals surface area contributed by atoms with Crippen molar-refractivity contribution in [3.05, 3.63) is 57.5 Å². The summed E-state index contributed by atoms with van der Waals surface area (Å²) in [6.45, 7) is 0. The molecule has 108 valence electrons. The number of halogens is 4. The van der Waals surface area contributed by atoms with Crippen molar-refractivity contribution in [1.82, 2.24) is 9.55 Å². The average Bonchev–Trinajstić information content (AvgIpc) is 2.79. The van der Waals surface area contributed by atoms with Gasteiger partial charge in [-0.1, -0.05) is 33.6 Å². The average molecular weight is 388 g/mol. The lowest BCUT2D eigenvalue weighted by molar-refractivity contribution is 0.617. The standard InChI is InChI=1S/C15H10BrCl2FN2/c16-9-4-5-12-11(8-9)20-14(6-7-17)21(12)13-3-1-2-10(18)15(13)19/h1-5,8H,6-7H2. The highest BCUT2D eigenvalue weighted by molar-refractivity contribution is 9.10. The van der Waals surface area contributed by atoms with E-state index < -0.39 is 5.82 Å². The van der Waals surface area contributed by atoms with Crippen LogP contribution in [0.25, 0.3) is 16.7 Å². The molecule has 0 atom stereocenters. The molecule has 3 rings (SSSR count). The molecule has 0 unspecified atom stereocenters. The minimum absolute atomic E-state index is 0.0864. The van der Waals surface area contributed by atoms with Crippen LogP contribution in [0.15, 0.2) is 40.9 Å². The molecule has 0 N–H and O–H groups in total. The number of fused-ring (bicyclic) bond motifs is 1. The second-order valence-corrected chi connectivity index (χ2v) is 6.21. The Labute approximate surface area is 139 Å². The van der Waals surface area contributed by atoms with Gasteiger partial charge in [-0.15, -0.1) is 11.6 Å². The Balaban J connectivity index is 2.33. The van der Waals surface area contributed by atoms with Crippen molar-refractivity contribution in [1.29, 1.82) is 0 Å². The number of imidazole rings is 1. The molecule has 21 heavy (non-hydrogen) atoms. The molecule has 0 bridgehead atoms. The molecule has 6 heteroatoms. The Kier molecular flexibility index (Phi) is 4.20. The Bertz CT molecular complexity index is 817. The van der Waals surface area contributed by atoms with E-state index in [-0.39, 0.29) is 5.02 Å². The van der Waals surface area contributed by atoms with Crippen molar-refractivity contribution < 1.29 is 4.39 Å². The number of hydrogen-bond acceptors (Lipinski definition) is 1. The Morgan fingerprint density at radius 1 is 1.24 bits per heavy atom. The SMILES string of the molecule is Fc1c(Cl)cccc1-n1c(CCCl)nc2cc(Br)ccc21. The largest absolute Gasteiger partial charge is 0.293 e. The van der Waals surface area contributed by atoms with E-state index >= 15 is 0 Å². The van der Waals surface area contributed by atoms with E-state index in [2.05, 4.69) is 20.9 Å². The molecule has 0 saturated carbocycles. The lowest BCUT2D eigenvalue weighted by Gasteiger charge is -2.10. The van der Waals surface area contributed by atoms with Gasteiger partial charge in [-0.05, 0) is 30.3 Å². The summed E-state index contributed by atoms with van der Waals surface area (Å²) in [6.07, 6.45) is 0.541. The van der Waals surface area contributed by atoms with E-state index in [0.29, 0.717) is 23.8 Å². The predicted molar refractivity (Wildman–Crippen MR) is 88.2 cm³/mol. The third-order valence-corrected chi connectivity index (χ3v) is 4.15. The summed E-state index contributed by atoms with van der Waals surface area (Å²) >= 11 is 15.2. The molecule has 0 radical (unpaired) electrons. The predicted octanol–water partition coefficient (Wildman–Crippen LogP) is 5.36. The molecule has 1 heterocycles. The molecule has 0 spiro atoms. The van der Waals surface area contributed by atoms with Gasteiger partial charge in [-0.25, -0.2) is 9.37 Å². The summed E-state index contributed by atoms with van der Waals surface area (Å²) in [5, 5.41) is 0.0864. The molecule has 0 aliphatic heterocycles. The van der Waals surface area contributed by atoms with Crippen molar-refractivity contribution in [2.75, 3.05) is 5.88 Å². The minimum atomic E-state index is -0.461. The molecule has 0 saturated heterocycles. The van der Waals surface area contributed by atoms with Gasteiger partial charge < -0.3 is 0 Å². The quantitative estimate of drug-likeness (QED) is 0.553. The molecule has 0 aliphatic rings. The molecule has 2 aromatic carbocycles.